The molecule has 0 aliphatic heterocycles. The average molecular weight is 417 g/mol. The molecule has 0 aliphatic rings. The van der Waals surface area contributed by atoms with Crippen LogP contribution >= 0.6 is 11.6 Å². The number of nitrogens with zero attached hydrogens (tertiary/aromatic N) is 1. The highest BCUT2D eigenvalue weighted by atomic mass is 35.5. The van der Waals surface area contributed by atoms with Gasteiger partial charge in [-0.25, -0.2) is 0 Å². The summed E-state index contributed by atoms with van der Waals surface area (Å²) in [5.74, 6) is 0.277. The van der Waals surface area contributed by atoms with Gasteiger partial charge in [0.25, 0.3) is 5.91 Å². The van der Waals surface area contributed by atoms with Gasteiger partial charge in [0, 0.05) is 18.1 Å². The fourth-order valence-electron chi connectivity index (χ4n) is 3.10. The van der Waals surface area contributed by atoms with E-state index in [4.69, 9.17) is 16.3 Å². The minimum absolute atomic E-state index is 0.131. The second-order valence-electron chi connectivity index (χ2n) is 6.95. The van der Waals surface area contributed by atoms with Crippen molar-refractivity contribution in [2.24, 2.45) is 0 Å². The lowest BCUT2D eigenvalue weighted by molar-refractivity contribution is -0.142. The number of carbonyl (C=O) groups excluding carboxylic acids is 2. The minimum atomic E-state index is -0.569. The fourth-order valence-corrected chi connectivity index (χ4v) is 3.23. The molecular formula is C23H29ClN2O3. The smallest absolute Gasteiger partial charge is 0.261 e. The van der Waals surface area contributed by atoms with Crippen molar-refractivity contribution in [1.82, 2.24) is 10.2 Å². The van der Waals surface area contributed by atoms with Gasteiger partial charge in [0.05, 0.1) is 0 Å². The Balaban J connectivity index is 2.21. The highest BCUT2D eigenvalue weighted by molar-refractivity contribution is 6.30. The number of carbonyl (C=O) groups is 2. The van der Waals surface area contributed by atoms with Crippen molar-refractivity contribution in [2.45, 2.75) is 46.7 Å². The maximum Gasteiger partial charge on any atom is 0.261 e. The summed E-state index contributed by atoms with van der Waals surface area (Å²) >= 11 is 5.97. The Bertz CT molecular complexity index is 837. The summed E-state index contributed by atoms with van der Waals surface area (Å²) in [4.78, 5) is 27.2. The van der Waals surface area contributed by atoms with Crippen LogP contribution in [-0.2, 0) is 16.1 Å². The highest BCUT2D eigenvalue weighted by Gasteiger charge is 2.28. The SMILES string of the molecule is CCNC(=O)[C@@H](CC)N(Cc1ccc(Cl)cc1)C(=O)COc1cccc(C)c1C. The molecule has 2 aromatic carbocycles. The van der Waals surface area contributed by atoms with E-state index in [1.165, 1.54) is 0 Å². The summed E-state index contributed by atoms with van der Waals surface area (Å²) in [5, 5.41) is 3.45. The molecule has 1 N–H and O–H groups in total. The van der Waals surface area contributed by atoms with Crippen molar-refractivity contribution in [1.29, 1.82) is 0 Å². The Kier molecular flexibility index (Phi) is 8.52. The molecular weight excluding hydrogens is 388 g/mol. The van der Waals surface area contributed by atoms with Crippen LogP contribution in [0.3, 0.4) is 0 Å². The Morgan fingerprint density at radius 3 is 2.41 bits per heavy atom. The Morgan fingerprint density at radius 1 is 1.10 bits per heavy atom. The molecule has 0 heterocycles. The molecule has 29 heavy (non-hydrogen) atoms. The van der Waals surface area contributed by atoms with Crippen molar-refractivity contribution in [3.05, 3.63) is 64.2 Å². The Hall–Kier alpha value is -2.53. The first-order valence-corrected chi connectivity index (χ1v) is 10.3. The number of ether oxygens (including phenoxy) is 1. The standard InChI is InChI=1S/C23H29ClN2O3/c1-5-20(23(28)25-6-2)26(14-18-10-12-19(24)13-11-18)22(27)15-29-21-9-7-8-16(3)17(21)4/h7-13,20H,5-6,14-15H2,1-4H3,(H,25,28)/t20-/m1/s1. The van der Waals surface area contributed by atoms with Gasteiger partial charge in [0.2, 0.25) is 5.91 Å². The van der Waals surface area contributed by atoms with Gasteiger partial charge in [-0.05, 0) is 62.1 Å². The summed E-state index contributed by atoms with van der Waals surface area (Å²) in [6.07, 6.45) is 0.509. The predicted molar refractivity (Wildman–Crippen MR) is 116 cm³/mol. The molecule has 1 atom stereocenters. The van der Waals surface area contributed by atoms with E-state index in [-0.39, 0.29) is 18.4 Å². The molecule has 0 radical (unpaired) electrons. The van der Waals surface area contributed by atoms with Gasteiger partial charge >= 0.3 is 0 Å². The van der Waals surface area contributed by atoms with Gasteiger partial charge in [-0.3, -0.25) is 9.59 Å². The first kappa shape index (κ1) is 22.8. The lowest BCUT2D eigenvalue weighted by atomic mass is 10.1. The quantitative estimate of drug-likeness (QED) is 0.663. The zero-order chi connectivity index (χ0) is 21.4. The van der Waals surface area contributed by atoms with Crippen molar-refractivity contribution in [3.8, 4) is 5.75 Å². The van der Waals surface area contributed by atoms with Crippen LogP contribution in [0.5, 0.6) is 5.75 Å². The van der Waals surface area contributed by atoms with Gasteiger partial charge in [0.15, 0.2) is 6.61 Å². The highest BCUT2D eigenvalue weighted by Crippen LogP contribution is 2.21. The molecule has 0 unspecified atom stereocenters. The van der Waals surface area contributed by atoms with E-state index in [2.05, 4.69) is 5.32 Å². The second kappa shape index (κ2) is 10.9. The van der Waals surface area contributed by atoms with E-state index in [0.29, 0.717) is 30.3 Å². The van der Waals surface area contributed by atoms with Crippen LogP contribution < -0.4 is 10.1 Å². The summed E-state index contributed by atoms with van der Waals surface area (Å²) in [7, 11) is 0. The molecule has 2 aromatic rings. The van der Waals surface area contributed by atoms with Gasteiger partial charge in [-0.2, -0.15) is 0 Å². The fraction of sp³-hybridized carbons (Fsp3) is 0.391. The zero-order valence-electron chi connectivity index (χ0n) is 17.5. The molecule has 6 heteroatoms. The summed E-state index contributed by atoms with van der Waals surface area (Å²) in [5.41, 5.74) is 3.00. The van der Waals surface area contributed by atoms with Crippen LogP contribution in [0.4, 0.5) is 0 Å². The van der Waals surface area contributed by atoms with E-state index >= 15 is 0 Å². The third-order valence-electron chi connectivity index (χ3n) is 4.91. The molecule has 0 aromatic heterocycles. The van der Waals surface area contributed by atoms with Crippen molar-refractivity contribution in [3.63, 3.8) is 0 Å². The van der Waals surface area contributed by atoms with Gasteiger partial charge in [-0.1, -0.05) is 42.8 Å². The molecule has 2 rings (SSSR count). The van der Waals surface area contributed by atoms with Crippen molar-refractivity contribution in [2.75, 3.05) is 13.2 Å². The number of hydrogen-bond acceptors (Lipinski definition) is 3. The van der Waals surface area contributed by atoms with Crippen molar-refractivity contribution < 1.29 is 14.3 Å². The summed E-state index contributed by atoms with van der Waals surface area (Å²) < 4.78 is 5.81. The largest absolute Gasteiger partial charge is 0.483 e. The average Bonchev–Trinajstić information content (AvgIpc) is 2.70. The third kappa shape index (κ3) is 6.23. The topological polar surface area (TPSA) is 58.6 Å². The molecule has 2 amide bonds. The van der Waals surface area contributed by atoms with Gasteiger partial charge < -0.3 is 15.0 Å². The molecule has 156 valence electrons. The van der Waals surface area contributed by atoms with E-state index in [1.54, 1.807) is 17.0 Å². The molecule has 0 saturated heterocycles. The molecule has 0 spiro atoms. The van der Waals surface area contributed by atoms with Crippen LogP contribution in [0.15, 0.2) is 42.5 Å². The normalized spacial score (nSPS) is 11.6. The van der Waals surface area contributed by atoms with Crippen LogP contribution in [0.2, 0.25) is 5.02 Å². The maximum atomic E-state index is 13.1. The number of nitrogens with one attached hydrogen (secondary N) is 1. The number of benzene rings is 2. The first-order valence-electron chi connectivity index (χ1n) is 9.88. The number of rotatable bonds is 9. The number of aryl methyl sites for hydroxylation is 1. The Labute approximate surface area is 178 Å². The molecule has 5 nitrogen and oxygen atoms in total. The maximum absolute atomic E-state index is 13.1. The lowest BCUT2D eigenvalue weighted by Crippen LogP contribution is -2.50. The predicted octanol–water partition coefficient (Wildman–Crippen LogP) is 4.28. The lowest BCUT2D eigenvalue weighted by Gasteiger charge is -2.30. The number of likely N-dealkylation sites (N-methyl/N-ethyl adjacent to an activating group) is 1. The number of halogens is 1. The van der Waals surface area contributed by atoms with E-state index < -0.39 is 6.04 Å². The molecule has 0 aliphatic carbocycles. The summed E-state index contributed by atoms with van der Waals surface area (Å²) in [6.45, 7) is 8.41. The first-order chi connectivity index (χ1) is 13.9. The minimum Gasteiger partial charge on any atom is -0.483 e. The molecule has 0 saturated carbocycles. The second-order valence-corrected chi connectivity index (χ2v) is 7.39. The van der Waals surface area contributed by atoms with Gasteiger partial charge in [-0.15, -0.1) is 0 Å². The monoisotopic (exact) mass is 416 g/mol. The zero-order valence-corrected chi connectivity index (χ0v) is 18.3. The number of amides is 2. The van der Waals surface area contributed by atoms with Crippen LogP contribution in [0, 0.1) is 13.8 Å². The van der Waals surface area contributed by atoms with Crippen LogP contribution in [0.25, 0.3) is 0 Å². The summed E-state index contributed by atoms with van der Waals surface area (Å²) in [6, 6.07) is 12.5. The molecule has 0 fully saturated rings. The van der Waals surface area contributed by atoms with E-state index in [1.807, 2.05) is 58.0 Å². The van der Waals surface area contributed by atoms with Gasteiger partial charge in [0.1, 0.15) is 11.8 Å². The Morgan fingerprint density at radius 2 is 1.79 bits per heavy atom. The third-order valence-corrected chi connectivity index (χ3v) is 5.16. The van der Waals surface area contributed by atoms with Crippen LogP contribution in [0.1, 0.15) is 37.0 Å². The van der Waals surface area contributed by atoms with E-state index in [9.17, 15) is 9.59 Å². The van der Waals surface area contributed by atoms with Crippen molar-refractivity contribution >= 4 is 23.4 Å². The number of hydrogen-bond donors (Lipinski definition) is 1. The van der Waals surface area contributed by atoms with E-state index in [0.717, 1.165) is 16.7 Å². The van der Waals surface area contributed by atoms with Crippen LogP contribution in [-0.4, -0.2) is 35.9 Å². The molecule has 0 bridgehead atoms.